The molecule has 0 unspecified atom stereocenters. The van der Waals surface area contributed by atoms with Crippen molar-refractivity contribution in [3.05, 3.63) is 34.2 Å². The van der Waals surface area contributed by atoms with Crippen molar-refractivity contribution in [3.63, 3.8) is 0 Å². The van der Waals surface area contributed by atoms with Gasteiger partial charge in [-0.1, -0.05) is 11.3 Å². The lowest BCUT2D eigenvalue weighted by molar-refractivity contribution is -0.380. The SMILES string of the molecule is O=[N+]([O-])c1ccc(-c2nc(CCl)co2)s1. The molecule has 0 saturated carbocycles. The topological polar surface area (TPSA) is 69.2 Å². The molecule has 0 aliphatic heterocycles. The highest BCUT2D eigenvalue weighted by Crippen LogP contribution is 2.32. The van der Waals surface area contributed by atoms with Gasteiger partial charge in [0.05, 0.1) is 21.4 Å². The van der Waals surface area contributed by atoms with E-state index in [4.69, 9.17) is 16.0 Å². The summed E-state index contributed by atoms with van der Waals surface area (Å²) in [6, 6.07) is 3.03. The molecule has 0 aliphatic rings. The van der Waals surface area contributed by atoms with Gasteiger partial charge in [-0.2, -0.15) is 0 Å². The Morgan fingerprint density at radius 2 is 2.40 bits per heavy atom. The van der Waals surface area contributed by atoms with E-state index in [9.17, 15) is 10.1 Å². The summed E-state index contributed by atoms with van der Waals surface area (Å²) in [5.41, 5.74) is 0.614. The Bertz CT molecular complexity index is 494. The molecule has 7 heteroatoms. The Morgan fingerprint density at radius 3 is 2.93 bits per heavy atom. The van der Waals surface area contributed by atoms with Gasteiger partial charge in [-0.05, 0) is 6.07 Å². The van der Waals surface area contributed by atoms with Gasteiger partial charge >= 0.3 is 5.00 Å². The minimum atomic E-state index is -0.445. The molecule has 0 bridgehead atoms. The molecule has 0 spiro atoms. The van der Waals surface area contributed by atoms with Crippen LogP contribution in [0.3, 0.4) is 0 Å². The van der Waals surface area contributed by atoms with E-state index in [-0.39, 0.29) is 10.9 Å². The zero-order valence-electron chi connectivity index (χ0n) is 7.34. The van der Waals surface area contributed by atoms with Crippen LogP contribution in [0.5, 0.6) is 0 Å². The van der Waals surface area contributed by atoms with Crippen molar-refractivity contribution >= 4 is 27.9 Å². The molecule has 0 aromatic carbocycles. The lowest BCUT2D eigenvalue weighted by Crippen LogP contribution is -1.80. The molecule has 2 aromatic heterocycles. The lowest BCUT2D eigenvalue weighted by Gasteiger charge is -1.84. The van der Waals surface area contributed by atoms with Crippen LogP contribution in [-0.4, -0.2) is 9.91 Å². The molecule has 0 radical (unpaired) electrons. The Labute approximate surface area is 93.5 Å². The monoisotopic (exact) mass is 244 g/mol. The second-order valence-electron chi connectivity index (χ2n) is 2.67. The molecular formula is C8H5ClN2O3S. The van der Waals surface area contributed by atoms with E-state index in [1.807, 2.05) is 0 Å². The number of alkyl halides is 1. The van der Waals surface area contributed by atoms with E-state index in [0.717, 1.165) is 11.3 Å². The van der Waals surface area contributed by atoms with E-state index in [1.165, 1.54) is 12.3 Å². The first-order valence-corrected chi connectivity index (χ1v) is 5.31. The predicted octanol–water partition coefficient (Wildman–Crippen LogP) is 3.05. The quantitative estimate of drug-likeness (QED) is 0.473. The zero-order valence-corrected chi connectivity index (χ0v) is 8.92. The Kier molecular flexibility index (Phi) is 2.70. The summed E-state index contributed by atoms with van der Waals surface area (Å²) >= 11 is 6.58. The van der Waals surface area contributed by atoms with Crippen LogP contribution in [0, 0.1) is 10.1 Å². The fraction of sp³-hybridized carbons (Fsp3) is 0.125. The molecule has 15 heavy (non-hydrogen) atoms. The summed E-state index contributed by atoms with van der Waals surface area (Å²) in [7, 11) is 0. The first-order chi connectivity index (χ1) is 7.20. The van der Waals surface area contributed by atoms with Crippen molar-refractivity contribution in [2.75, 3.05) is 0 Å². The van der Waals surface area contributed by atoms with Gasteiger partial charge in [0, 0.05) is 6.07 Å². The minimum absolute atomic E-state index is 0.0654. The highest BCUT2D eigenvalue weighted by molar-refractivity contribution is 7.18. The van der Waals surface area contributed by atoms with E-state index in [2.05, 4.69) is 4.98 Å². The Morgan fingerprint density at radius 1 is 1.60 bits per heavy atom. The van der Waals surface area contributed by atoms with E-state index in [1.54, 1.807) is 6.07 Å². The number of rotatable bonds is 3. The van der Waals surface area contributed by atoms with Crippen molar-refractivity contribution < 1.29 is 9.34 Å². The highest BCUT2D eigenvalue weighted by Gasteiger charge is 2.14. The average Bonchev–Trinajstić information content (AvgIpc) is 2.86. The third-order valence-electron chi connectivity index (χ3n) is 1.67. The summed E-state index contributed by atoms with van der Waals surface area (Å²) in [6.45, 7) is 0. The second-order valence-corrected chi connectivity index (χ2v) is 4.00. The number of thiophene rings is 1. The van der Waals surface area contributed by atoms with Gasteiger partial charge in [0.15, 0.2) is 0 Å². The third-order valence-corrected chi connectivity index (χ3v) is 2.97. The fourth-order valence-electron chi connectivity index (χ4n) is 1.02. The molecule has 0 amide bonds. The molecule has 0 aliphatic carbocycles. The smallest absolute Gasteiger partial charge is 0.324 e. The normalized spacial score (nSPS) is 10.5. The van der Waals surface area contributed by atoms with Gasteiger partial charge in [0.1, 0.15) is 6.26 Å². The van der Waals surface area contributed by atoms with Crippen molar-refractivity contribution in [3.8, 4) is 10.8 Å². The standard InChI is InChI=1S/C8H5ClN2O3S/c9-3-5-4-14-8(10-5)6-1-2-7(15-6)11(12)13/h1-2,4H,3H2. The minimum Gasteiger partial charge on any atom is -0.444 e. The molecular weight excluding hydrogens is 240 g/mol. The van der Waals surface area contributed by atoms with Gasteiger partial charge < -0.3 is 4.42 Å². The summed E-state index contributed by atoms with van der Waals surface area (Å²) < 4.78 is 5.13. The maximum absolute atomic E-state index is 10.5. The van der Waals surface area contributed by atoms with Crippen LogP contribution in [0.1, 0.15) is 5.69 Å². The molecule has 5 nitrogen and oxygen atoms in total. The Hall–Kier alpha value is -1.40. The molecule has 0 fully saturated rings. The number of oxazole rings is 1. The molecule has 78 valence electrons. The summed E-state index contributed by atoms with van der Waals surface area (Å²) in [5.74, 6) is 0.625. The van der Waals surface area contributed by atoms with Gasteiger partial charge in [-0.25, -0.2) is 4.98 Å². The van der Waals surface area contributed by atoms with Gasteiger partial charge in [-0.3, -0.25) is 10.1 Å². The van der Waals surface area contributed by atoms with Crippen molar-refractivity contribution in [2.24, 2.45) is 0 Å². The fourth-order valence-corrected chi connectivity index (χ4v) is 1.90. The average molecular weight is 245 g/mol. The first-order valence-electron chi connectivity index (χ1n) is 3.95. The van der Waals surface area contributed by atoms with Crippen molar-refractivity contribution in [2.45, 2.75) is 5.88 Å². The lowest BCUT2D eigenvalue weighted by atomic mass is 10.4. The van der Waals surface area contributed by atoms with Crippen LogP contribution < -0.4 is 0 Å². The molecule has 0 atom stereocenters. The van der Waals surface area contributed by atoms with Crippen LogP contribution in [0.2, 0.25) is 0 Å². The maximum atomic E-state index is 10.5. The number of hydrogen-bond acceptors (Lipinski definition) is 5. The van der Waals surface area contributed by atoms with Gasteiger partial charge in [0.2, 0.25) is 5.89 Å². The van der Waals surface area contributed by atoms with Crippen molar-refractivity contribution in [1.29, 1.82) is 0 Å². The first kappa shape index (κ1) is 10.1. The number of nitrogens with zero attached hydrogens (tertiary/aromatic N) is 2. The number of hydrogen-bond donors (Lipinski definition) is 0. The van der Waals surface area contributed by atoms with Crippen LogP contribution in [-0.2, 0) is 5.88 Å². The molecule has 2 rings (SSSR count). The van der Waals surface area contributed by atoms with Crippen LogP contribution in [0.15, 0.2) is 22.8 Å². The summed E-state index contributed by atoms with van der Waals surface area (Å²) in [6.07, 6.45) is 1.44. The number of aromatic nitrogens is 1. The Balaban J connectivity index is 2.32. The third kappa shape index (κ3) is 2.00. The van der Waals surface area contributed by atoms with E-state index < -0.39 is 4.92 Å². The predicted molar refractivity (Wildman–Crippen MR) is 56.0 cm³/mol. The summed E-state index contributed by atoms with van der Waals surface area (Å²) in [4.78, 5) is 14.7. The highest BCUT2D eigenvalue weighted by atomic mass is 35.5. The van der Waals surface area contributed by atoms with Crippen LogP contribution in [0.4, 0.5) is 5.00 Å². The molecule has 0 N–H and O–H groups in total. The van der Waals surface area contributed by atoms with Gasteiger partial charge in [-0.15, -0.1) is 11.6 Å². The number of halogens is 1. The number of nitro groups is 1. The van der Waals surface area contributed by atoms with Crippen LogP contribution >= 0.6 is 22.9 Å². The molecule has 2 aromatic rings. The largest absolute Gasteiger partial charge is 0.444 e. The van der Waals surface area contributed by atoms with E-state index in [0.29, 0.717) is 16.5 Å². The second kappa shape index (κ2) is 4.00. The van der Waals surface area contributed by atoms with E-state index >= 15 is 0 Å². The molecule has 0 saturated heterocycles. The van der Waals surface area contributed by atoms with Crippen LogP contribution in [0.25, 0.3) is 10.8 Å². The maximum Gasteiger partial charge on any atom is 0.324 e. The zero-order chi connectivity index (χ0) is 10.8. The summed E-state index contributed by atoms with van der Waals surface area (Å²) in [5, 5.41) is 10.5. The molecule has 2 heterocycles. The van der Waals surface area contributed by atoms with Gasteiger partial charge in [0.25, 0.3) is 0 Å². The van der Waals surface area contributed by atoms with Crippen molar-refractivity contribution in [1.82, 2.24) is 4.98 Å².